The van der Waals surface area contributed by atoms with Gasteiger partial charge in [-0.3, -0.25) is 0 Å². The highest BCUT2D eigenvalue weighted by molar-refractivity contribution is 5.92. The standard InChI is InChI=1S/C16H17N5/c1-11-6-5-9-13-15(11)21-14(20-13)10-18-16(17)19-12-7-3-2-4-8-12/h2-9H,10H2,1H3,(H,20,21)(H3,17,18,19). The number of aryl methyl sites for hydroxylation is 1. The van der Waals surface area contributed by atoms with E-state index in [0.717, 1.165) is 28.1 Å². The second-order valence-corrected chi connectivity index (χ2v) is 4.85. The summed E-state index contributed by atoms with van der Waals surface area (Å²) in [6.45, 7) is 2.46. The number of hydrogen-bond acceptors (Lipinski definition) is 2. The number of benzene rings is 2. The van der Waals surface area contributed by atoms with Gasteiger partial charge in [-0.1, -0.05) is 30.3 Å². The largest absolute Gasteiger partial charge is 0.370 e. The molecule has 5 nitrogen and oxygen atoms in total. The SMILES string of the molecule is Cc1cccc2[nH]c(CN=C(N)Nc3ccccc3)nc12. The molecule has 0 bridgehead atoms. The lowest BCUT2D eigenvalue weighted by atomic mass is 10.2. The van der Waals surface area contributed by atoms with Gasteiger partial charge in [-0.05, 0) is 30.7 Å². The van der Waals surface area contributed by atoms with Crippen LogP contribution in [0.15, 0.2) is 53.5 Å². The number of para-hydroxylation sites is 2. The van der Waals surface area contributed by atoms with Crippen molar-refractivity contribution in [1.29, 1.82) is 0 Å². The van der Waals surface area contributed by atoms with Crippen LogP contribution < -0.4 is 11.1 Å². The van der Waals surface area contributed by atoms with Crippen molar-refractivity contribution < 1.29 is 0 Å². The van der Waals surface area contributed by atoms with Crippen molar-refractivity contribution in [3.05, 3.63) is 59.9 Å². The zero-order valence-electron chi connectivity index (χ0n) is 11.8. The molecule has 3 aromatic rings. The highest BCUT2D eigenvalue weighted by Gasteiger charge is 2.04. The first-order valence-corrected chi connectivity index (χ1v) is 6.78. The van der Waals surface area contributed by atoms with Crippen LogP contribution in [0, 0.1) is 6.92 Å². The molecular weight excluding hydrogens is 262 g/mol. The first-order valence-electron chi connectivity index (χ1n) is 6.78. The molecule has 0 unspecified atom stereocenters. The van der Waals surface area contributed by atoms with E-state index in [0.29, 0.717) is 12.5 Å². The summed E-state index contributed by atoms with van der Waals surface area (Å²) >= 11 is 0. The second-order valence-electron chi connectivity index (χ2n) is 4.85. The number of H-pyrrole nitrogens is 1. The summed E-state index contributed by atoms with van der Waals surface area (Å²) in [6.07, 6.45) is 0. The Morgan fingerprint density at radius 2 is 2.00 bits per heavy atom. The molecule has 0 atom stereocenters. The van der Waals surface area contributed by atoms with E-state index in [1.54, 1.807) is 0 Å². The van der Waals surface area contributed by atoms with Crippen molar-refractivity contribution in [3.8, 4) is 0 Å². The predicted molar refractivity (Wildman–Crippen MR) is 86.2 cm³/mol. The molecule has 21 heavy (non-hydrogen) atoms. The normalized spacial score (nSPS) is 11.8. The Morgan fingerprint density at radius 3 is 2.76 bits per heavy atom. The quantitative estimate of drug-likeness (QED) is 0.509. The molecule has 0 amide bonds. The monoisotopic (exact) mass is 279 g/mol. The summed E-state index contributed by atoms with van der Waals surface area (Å²) in [6, 6.07) is 15.8. The Morgan fingerprint density at radius 1 is 1.19 bits per heavy atom. The fourth-order valence-electron chi connectivity index (χ4n) is 2.17. The molecule has 0 aliphatic rings. The lowest BCUT2D eigenvalue weighted by Gasteiger charge is -2.04. The van der Waals surface area contributed by atoms with Gasteiger partial charge in [0.05, 0.1) is 11.0 Å². The van der Waals surface area contributed by atoms with Crippen molar-refractivity contribution in [2.45, 2.75) is 13.5 Å². The van der Waals surface area contributed by atoms with Gasteiger partial charge in [0.2, 0.25) is 0 Å². The molecule has 0 aliphatic carbocycles. The molecule has 1 aromatic heterocycles. The number of anilines is 1. The van der Waals surface area contributed by atoms with Crippen LogP contribution in [0.25, 0.3) is 11.0 Å². The van der Waals surface area contributed by atoms with Gasteiger partial charge in [-0.15, -0.1) is 0 Å². The predicted octanol–water partition coefficient (Wildman–Crippen LogP) is 2.80. The van der Waals surface area contributed by atoms with E-state index in [1.807, 2.05) is 55.5 Å². The average molecular weight is 279 g/mol. The summed E-state index contributed by atoms with van der Waals surface area (Å²) in [5.74, 6) is 1.18. The van der Waals surface area contributed by atoms with Gasteiger partial charge in [0.25, 0.3) is 0 Å². The number of rotatable bonds is 3. The number of aliphatic imine (C=N–C) groups is 1. The third-order valence-electron chi connectivity index (χ3n) is 3.21. The maximum Gasteiger partial charge on any atom is 0.193 e. The van der Waals surface area contributed by atoms with E-state index >= 15 is 0 Å². The molecule has 0 fully saturated rings. The van der Waals surface area contributed by atoms with E-state index < -0.39 is 0 Å². The fraction of sp³-hybridized carbons (Fsp3) is 0.125. The van der Waals surface area contributed by atoms with Crippen LogP contribution in [0.4, 0.5) is 5.69 Å². The molecule has 3 rings (SSSR count). The van der Waals surface area contributed by atoms with E-state index in [2.05, 4.69) is 20.3 Å². The van der Waals surface area contributed by atoms with Crippen molar-refractivity contribution in [2.75, 3.05) is 5.32 Å². The Hall–Kier alpha value is -2.82. The number of imidazole rings is 1. The number of hydrogen-bond donors (Lipinski definition) is 3. The van der Waals surface area contributed by atoms with Crippen LogP contribution in [0.3, 0.4) is 0 Å². The number of nitrogens with zero attached hydrogens (tertiary/aromatic N) is 2. The van der Waals surface area contributed by atoms with Crippen LogP contribution in [0.1, 0.15) is 11.4 Å². The van der Waals surface area contributed by atoms with Gasteiger partial charge in [0.15, 0.2) is 5.96 Å². The summed E-state index contributed by atoms with van der Waals surface area (Å²) in [7, 11) is 0. The lowest BCUT2D eigenvalue weighted by molar-refractivity contribution is 0.954. The van der Waals surface area contributed by atoms with E-state index in [-0.39, 0.29) is 0 Å². The Balaban J connectivity index is 1.73. The van der Waals surface area contributed by atoms with Gasteiger partial charge < -0.3 is 16.0 Å². The molecule has 0 radical (unpaired) electrons. The van der Waals surface area contributed by atoms with Crippen molar-refractivity contribution in [3.63, 3.8) is 0 Å². The molecular formula is C16H17N5. The summed E-state index contributed by atoms with van der Waals surface area (Å²) < 4.78 is 0. The van der Waals surface area contributed by atoms with E-state index in [4.69, 9.17) is 5.73 Å². The first-order chi connectivity index (χ1) is 10.2. The summed E-state index contributed by atoms with van der Waals surface area (Å²) in [4.78, 5) is 12.1. The zero-order valence-corrected chi connectivity index (χ0v) is 11.8. The number of nitrogens with two attached hydrogens (primary N) is 1. The van der Waals surface area contributed by atoms with Crippen LogP contribution in [-0.2, 0) is 6.54 Å². The van der Waals surface area contributed by atoms with E-state index in [9.17, 15) is 0 Å². The molecule has 1 heterocycles. The molecule has 106 valence electrons. The number of aromatic amines is 1. The Labute approximate surface area is 122 Å². The maximum atomic E-state index is 5.87. The average Bonchev–Trinajstić information content (AvgIpc) is 2.91. The molecule has 4 N–H and O–H groups in total. The molecule has 0 spiro atoms. The minimum Gasteiger partial charge on any atom is -0.370 e. The molecule has 5 heteroatoms. The summed E-state index contributed by atoms with van der Waals surface area (Å²) in [5, 5.41) is 3.04. The third-order valence-corrected chi connectivity index (χ3v) is 3.21. The highest BCUT2D eigenvalue weighted by atomic mass is 15.1. The van der Waals surface area contributed by atoms with Crippen LogP contribution in [-0.4, -0.2) is 15.9 Å². The van der Waals surface area contributed by atoms with Gasteiger partial charge in [-0.25, -0.2) is 9.98 Å². The van der Waals surface area contributed by atoms with E-state index in [1.165, 1.54) is 0 Å². The van der Waals surface area contributed by atoms with Gasteiger partial charge in [0.1, 0.15) is 12.4 Å². The number of aromatic nitrogens is 2. The van der Waals surface area contributed by atoms with Crippen LogP contribution in [0.5, 0.6) is 0 Å². The van der Waals surface area contributed by atoms with Crippen molar-refractivity contribution >= 4 is 22.7 Å². The fourth-order valence-corrected chi connectivity index (χ4v) is 2.17. The van der Waals surface area contributed by atoms with Crippen LogP contribution >= 0.6 is 0 Å². The molecule has 2 aromatic carbocycles. The minimum atomic E-state index is 0.373. The van der Waals surface area contributed by atoms with Crippen molar-refractivity contribution in [2.24, 2.45) is 10.7 Å². The highest BCUT2D eigenvalue weighted by Crippen LogP contribution is 2.15. The van der Waals surface area contributed by atoms with Gasteiger partial charge in [0, 0.05) is 5.69 Å². The second kappa shape index (κ2) is 5.66. The zero-order chi connectivity index (χ0) is 14.7. The molecule has 0 saturated heterocycles. The Bertz CT molecular complexity index is 774. The topological polar surface area (TPSA) is 79.1 Å². The lowest BCUT2D eigenvalue weighted by Crippen LogP contribution is -2.22. The number of nitrogens with one attached hydrogen (secondary N) is 2. The van der Waals surface area contributed by atoms with Gasteiger partial charge >= 0.3 is 0 Å². The van der Waals surface area contributed by atoms with Crippen molar-refractivity contribution in [1.82, 2.24) is 9.97 Å². The first kappa shape index (κ1) is 13.2. The number of guanidine groups is 1. The van der Waals surface area contributed by atoms with Gasteiger partial charge in [-0.2, -0.15) is 0 Å². The third kappa shape index (κ3) is 3.02. The molecule has 0 aliphatic heterocycles. The summed E-state index contributed by atoms with van der Waals surface area (Å²) in [5.41, 5.74) is 9.94. The minimum absolute atomic E-state index is 0.373. The molecule has 0 saturated carbocycles. The smallest absolute Gasteiger partial charge is 0.193 e. The maximum absolute atomic E-state index is 5.87. The Kier molecular flexibility index (Phi) is 3.55. The van der Waals surface area contributed by atoms with Crippen LogP contribution in [0.2, 0.25) is 0 Å². The number of fused-ring (bicyclic) bond motifs is 1.